The molecule has 0 saturated heterocycles. The van der Waals surface area contributed by atoms with Crippen molar-refractivity contribution in [1.29, 1.82) is 0 Å². The predicted octanol–water partition coefficient (Wildman–Crippen LogP) is 1.49. The normalized spacial score (nSPS) is 12.6. The van der Waals surface area contributed by atoms with E-state index >= 15 is 0 Å². The molecule has 2 N–H and O–H groups in total. The standard InChI is InChI=1S/C12H16N4O3S/c1-4-8(17)5-16-10(9(12(18)19)14-15-16)11-6(2)13-7(3)20-11/h8,17H,4-5H2,1-3H3,(H,18,19). The second-order valence-corrected chi connectivity index (χ2v) is 5.69. The molecule has 7 nitrogen and oxygen atoms in total. The van der Waals surface area contributed by atoms with Crippen LogP contribution in [0.1, 0.15) is 34.5 Å². The number of aromatic nitrogens is 4. The number of nitrogens with zero attached hydrogens (tertiary/aromatic N) is 4. The molecular formula is C12H16N4O3S. The van der Waals surface area contributed by atoms with Crippen molar-refractivity contribution in [3.63, 3.8) is 0 Å². The topological polar surface area (TPSA) is 101 Å². The van der Waals surface area contributed by atoms with Gasteiger partial charge in [0, 0.05) is 0 Å². The Hall–Kier alpha value is -1.80. The summed E-state index contributed by atoms with van der Waals surface area (Å²) in [5.74, 6) is -1.14. The van der Waals surface area contributed by atoms with E-state index in [9.17, 15) is 15.0 Å². The Morgan fingerprint density at radius 1 is 1.45 bits per heavy atom. The molecule has 0 bridgehead atoms. The van der Waals surface area contributed by atoms with Crippen molar-refractivity contribution in [2.45, 2.75) is 39.8 Å². The lowest BCUT2D eigenvalue weighted by molar-refractivity contribution is 0.0691. The van der Waals surface area contributed by atoms with Gasteiger partial charge in [0.15, 0.2) is 5.69 Å². The van der Waals surface area contributed by atoms with Crippen LogP contribution in [0.25, 0.3) is 10.6 Å². The fourth-order valence-electron chi connectivity index (χ4n) is 1.89. The largest absolute Gasteiger partial charge is 0.476 e. The number of carboxylic acids is 1. The highest BCUT2D eigenvalue weighted by molar-refractivity contribution is 7.15. The smallest absolute Gasteiger partial charge is 0.358 e. The maximum absolute atomic E-state index is 11.3. The lowest BCUT2D eigenvalue weighted by atomic mass is 10.2. The lowest BCUT2D eigenvalue weighted by Gasteiger charge is -2.10. The summed E-state index contributed by atoms with van der Waals surface area (Å²) in [6.07, 6.45) is -0.0333. The Bertz CT molecular complexity index is 635. The van der Waals surface area contributed by atoms with Crippen molar-refractivity contribution < 1.29 is 15.0 Å². The van der Waals surface area contributed by atoms with E-state index in [0.717, 1.165) is 15.6 Å². The molecule has 1 unspecified atom stereocenters. The Balaban J connectivity index is 2.55. The van der Waals surface area contributed by atoms with Gasteiger partial charge < -0.3 is 10.2 Å². The minimum Gasteiger partial charge on any atom is -0.476 e. The molecule has 0 fully saturated rings. The van der Waals surface area contributed by atoms with Gasteiger partial charge in [0.05, 0.1) is 28.2 Å². The van der Waals surface area contributed by atoms with Gasteiger partial charge in [0.2, 0.25) is 0 Å². The van der Waals surface area contributed by atoms with Crippen molar-refractivity contribution in [3.8, 4) is 10.6 Å². The van der Waals surface area contributed by atoms with Gasteiger partial charge >= 0.3 is 5.97 Å². The zero-order valence-electron chi connectivity index (χ0n) is 11.5. The zero-order valence-corrected chi connectivity index (χ0v) is 12.3. The van der Waals surface area contributed by atoms with Crippen LogP contribution in [0.5, 0.6) is 0 Å². The van der Waals surface area contributed by atoms with E-state index in [0.29, 0.717) is 12.1 Å². The summed E-state index contributed by atoms with van der Waals surface area (Å²) < 4.78 is 1.44. The summed E-state index contributed by atoms with van der Waals surface area (Å²) in [4.78, 5) is 16.3. The number of aryl methyl sites for hydroxylation is 2. The van der Waals surface area contributed by atoms with Crippen molar-refractivity contribution in [3.05, 3.63) is 16.4 Å². The van der Waals surface area contributed by atoms with Gasteiger partial charge in [-0.2, -0.15) is 0 Å². The molecular weight excluding hydrogens is 280 g/mol. The van der Waals surface area contributed by atoms with Crippen LogP contribution in [0, 0.1) is 13.8 Å². The van der Waals surface area contributed by atoms with E-state index in [4.69, 9.17) is 0 Å². The monoisotopic (exact) mass is 296 g/mol. The van der Waals surface area contributed by atoms with Gasteiger partial charge in [-0.3, -0.25) is 0 Å². The van der Waals surface area contributed by atoms with E-state index in [1.807, 2.05) is 20.8 Å². The molecule has 0 spiro atoms. The van der Waals surface area contributed by atoms with Gasteiger partial charge in [0.1, 0.15) is 5.69 Å². The fourth-order valence-corrected chi connectivity index (χ4v) is 2.86. The summed E-state index contributed by atoms with van der Waals surface area (Å²) >= 11 is 1.40. The van der Waals surface area contributed by atoms with Crippen LogP contribution in [0.4, 0.5) is 0 Å². The third kappa shape index (κ3) is 2.70. The van der Waals surface area contributed by atoms with Gasteiger partial charge in [-0.05, 0) is 20.3 Å². The molecule has 2 heterocycles. The molecule has 0 aliphatic rings. The number of aliphatic hydroxyl groups is 1. The van der Waals surface area contributed by atoms with Gasteiger partial charge in [0.25, 0.3) is 0 Å². The highest BCUT2D eigenvalue weighted by atomic mass is 32.1. The van der Waals surface area contributed by atoms with Crippen LogP contribution < -0.4 is 0 Å². The number of thiazole rings is 1. The van der Waals surface area contributed by atoms with E-state index in [-0.39, 0.29) is 12.2 Å². The average molecular weight is 296 g/mol. The van der Waals surface area contributed by atoms with Crippen molar-refractivity contribution in [2.75, 3.05) is 0 Å². The summed E-state index contributed by atoms with van der Waals surface area (Å²) in [6, 6.07) is 0. The Labute approximate surface area is 119 Å². The number of aromatic carboxylic acids is 1. The molecule has 0 aliphatic heterocycles. The van der Waals surface area contributed by atoms with Crippen LogP contribution >= 0.6 is 11.3 Å². The first-order valence-electron chi connectivity index (χ1n) is 6.23. The number of carbonyl (C=O) groups is 1. The number of hydrogen-bond acceptors (Lipinski definition) is 6. The van der Waals surface area contributed by atoms with Crippen LogP contribution in [0.15, 0.2) is 0 Å². The Morgan fingerprint density at radius 3 is 2.65 bits per heavy atom. The fraction of sp³-hybridized carbons (Fsp3) is 0.500. The Kier molecular flexibility index (Phi) is 4.15. The number of rotatable bonds is 5. The molecule has 8 heteroatoms. The molecule has 1 atom stereocenters. The first-order valence-corrected chi connectivity index (χ1v) is 7.04. The summed E-state index contributed by atoms with van der Waals surface area (Å²) in [5, 5.41) is 27.4. The molecule has 0 aliphatic carbocycles. The number of hydrogen-bond donors (Lipinski definition) is 2. The molecule has 2 aromatic heterocycles. The minimum atomic E-state index is -1.14. The van der Waals surface area contributed by atoms with Crippen LogP contribution in [0.2, 0.25) is 0 Å². The van der Waals surface area contributed by atoms with Gasteiger partial charge in [-0.1, -0.05) is 12.1 Å². The molecule has 0 saturated carbocycles. The Morgan fingerprint density at radius 2 is 2.15 bits per heavy atom. The minimum absolute atomic E-state index is 0.111. The molecule has 2 aromatic rings. The zero-order chi connectivity index (χ0) is 14.9. The van der Waals surface area contributed by atoms with Crippen molar-refractivity contribution in [1.82, 2.24) is 20.0 Å². The number of carboxylic acid groups (broad SMARTS) is 1. The maximum atomic E-state index is 11.3. The highest BCUT2D eigenvalue weighted by Gasteiger charge is 2.24. The van der Waals surface area contributed by atoms with E-state index in [1.165, 1.54) is 16.0 Å². The molecule has 108 valence electrons. The summed E-state index contributed by atoms with van der Waals surface area (Å²) in [7, 11) is 0. The van der Waals surface area contributed by atoms with Crippen molar-refractivity contribution >= 4 is 17.3 Å². The lowest BCUT2D eigenvalue weighted by Crippen LogP contribution is -2.17. The summed E-state index contributed by atoms with van der Waals surface area (Å²) in [6.45, 7) is 5.73. The van der Waals surface area contributed by atoms with E-state index < -0.39 is 12.1 Å². The molecule has 0 radical (unpaired) electrons. The second kappa shape index (κ2) is 5.68. The van der Waals surface area contributed by atoms with Crippen LogP contribution in [0.3, 0.4) is 0 Å². The first-order chi connectivity index (χ1) is 9.43. The molecule has 20 heavy (non-hydrogen) atoms. The van der Waals surface area contributed by atoms with E-state index in [1.54, 1.807) is 0 Å². The predicted molar refractivity (Wildman–Crippen MR) is 73.9 cm³/mol. The second-order valence-electron chi connectivity index (χ2n) is 4.48. The SMILES string of the molecule is CCC(O)Cn1nnc(C(=O)O)c1-c1sc(C)nc1C. The number of aliphatic hydroxyl groups excluding tert-OH is 1. The van der Waals surface area contributed by atoms with Crippen molar-refractivity contribution in [2.24, 2.45) is 0 Å². The molecule has 0 amide bonds. The summed E-state index contributed by atoms with van der Waals surface area (Å²) in [5.41, 5.74) is 1.04. The first kappa shape index (κ1) is 14.6. The molecule has 2 rings (SSSR count). The van der Waals surface area contributed by atoms with Crippen LogP contribution in [-0.4, -0.2) is 42.3 Å². The maximum Gasteiger partial charge on any atom is 0.358 e. The third-order valence-electron chi connectivity index (χ3n) is 2.91. The quantitative estimate of drug-likeness (QED) is 0.866. The molecule has 0 aromatic carbocycles. The van der Waals surface area contributed by atoms with Gasteiger partial charge in [-0.15, -0.1) is 16.4 Å². The van der Waals surface area contributed by atoms with Gasteiger partial charge in [-0.25, -0.2) is 14.5 Å². The third-order valence-corrected chi connectivity index (χ3v) is 3.99. The average Bonchev–Trinajstić information content (AvgIpc) is 2.92. The highest BCUT2D eigenvalue weighted by Crippen LogP contribution is 2.31. The van der Waals surface area contributed by atoms with Crippen LogP contribution in [-0.2, 0) is 6.54 Å². The van der Waals surface area contributed by atoms with E-state index in [2.05, 4.69) is 15.3 Å².